The van der Waals surface area contributed by atoms with E-state index in [1.807, 2.05) is 19.1 Å². The second-order valence-corrected chi connectivity index (χ2v) is 5.23. The summed E-state index contributed by atoms with van der Waals surface area (Å²) in [5.74, 6) is 0.554. The first-order chi connectivity index (χ1) is 8.97. The number of nitrogen functional groups attached to an aromatic ring is 1. The first-order valence-corrected chi connectivity index (χ1v) is 6.74. The lowest BCUT2D eigenvalue weighted by Gasteiger charge is -2.15. The van der Waals surface area contributed by atoms with Crippen molar-refractivity contribution in [3.05, 3.63) is 24.3 Å². The van der Waals surface area contributed by atoms with Crippen LogP contribution in [-0.4, -0.2) is 18.6 Å². The van der Waals surface area contributed by atoms with Gasteiger partial charge in [0.1, 0.15) is 0 Å². The van der Waals surface area contributed by atoms with Gasteiger partial charge in [0.2, 0.25) is 5.91 Å². The van der Waals surface area contributed by atoms with E-state index < -0.39 is 0 Å². The minimum Gasteiger partial charge on any atom is -0.399 e. The fourth-order valence-electron chi connectivity index (χ4n) is 1.92. The SMILES string of the molecule is CC(C)CC(C)OCCC(=O)Nc1cccc(N)c1. The lowest BCUT2D eigenvalue weighted by molar-refractivity contribution is -0.117. The molecular formula is C15H24N2O2. The predicted molar refractivity (Wildman–Crippen MR) is 79.0 cm³/mol. The van der Waals surface area contributed by atoms with E-state index >= 15 is 0 Å². The molecule has 0 radical (unpaired) electrons. The molecule has 1 atom stereocenters. The van der Waals surface area contributed by atoms with E-state index in [0.717, 1.165) is 12.1 Å². The molecule has 0 fully saturated rings. The molecule has 0 spiro atoms. The third-order valence-corrected chi connectivity index (χ3v) is 2.71. The van der Waals surface area contributed by atoms with Crippen molar-refractivity contribution >= 4 is 17.3 Å². The zero-order chi connectivity index (χ0) is 14.3. The average Bonchev–Trinajstić information content (AvgIpc) is 2.27. The third kappa shape index (κ3) is 6.82. The first kappa shape index (κ1) is 15.5. The molecule has 0 saturated heterocycles. The molecule has 1 aromatic carbocycles. The zero-order valence-electron chi connectivity index (χ0n) is 12.0. The van der Waals surface area contributed by atoms with Gasteiger partial charge in [0.15, 0.2) is 0 Å². The Morgan fingerprint density at radius 1 is 1.37 bits per heavy atom. The van der Waals surface area contributed by atoms with Crippen molar-refractivity contribution < 1.29 is 9.53 Å². The molecule has 4 heteroatoms. The number of carbonyl (C=O) groups is 1. The molecule has 106 valence electrons. The maximum absolute atomic E-state index is 11.7. The van der Waals surface area contributed by atoms with Crippen LogP contribution in [0.2, 0.25) is 0 Å². The summed E-state index contributed by atoms with van der Waals surface area (Å²) >= 11 is 0. The van der Waals surface area contributed by atoms with Crippen LogP contribution < -0.4 is 11.1 Å². The third-order valence-electron chi connectivity index (χ3n) is 2.71. The summed E-state index contributed by atoms with van der Waals surface area (Å²) in [6, 6.07) is 7.15. The fraction of sp³-hybridized carbons (Fsp3) is 0.533. The van der Waals surface area contributed by atoms with E-state index in [2.05, 4.69) is 19.2 Å². The second kappa shape index (κ2) is 7.79. The second-order valence-electron chi connectivity index (χ2n) is 5.23. The minimum absolute atomic E-state index is 0.0534. The number of benzene rings is 1. The fourth-order valence-corrected chi connectivity index (χ4v) is 1.92. The average molecular weight is 264 g/mol. The molecule has 0 aliphatic carbocycles. The molecule has 1 aromatic rings. The van der Waals surface area contributed by atoms with Crippen molar-refractivity contribution in [1.82, 2.24) is 0 Å². The number of amides is 1. The molecule has 1 rings (SSSR count). The van der Waals surface area contributed by atoms with Gasteiger partial charge in [-0.1, -0.05) is 19.9 Å². The quantitative estimate of drug-likeness (QED) is 0.744. The van der Waals surface area contributed by atoms with Crippen LogP contribution in [0.3, 0.4) is 0 Å². The van der Waals surface area contributed by atoms with E-state index in [-0.39, 0.29) is 12.0 Å². The molecule has 0 heterocycles. The number of ether oxygens (including phenoxy) is 1. The van der Waals surface area contributed by atoms with Crippen LogP contribution in [0.1, 0.15) is 33.6 Å². The Morgan fingerprint density at radius 3 is 2.74 bits per heavy atom. The van der Waals surface area contributed by atoms with E-state index in [4.69, 9.17) is 10.5 Å². The monoisotopic (exact) mass is 264 g/mol. The number of nitrogens with two attached hydrogens (primary N) is 1. The highest BCUT2D eigenvalue weighted by Crippen LogP contribution is 2.12. The summed E-state index contributed by atoms with van der Waals surface area (Å²) in [5.41, 5.74) is 7.01. The lowest BCUT2D eigenvalue weighted by atomic mass is 10.1. The van der Waals surface area contributed by atoms with Crippen molar-refractivity contribution in [3.63, 3.8) is 0 Å². The van der Waals surface area contributed by atoms with Crippen molar-refractivity contribution in [1.29, 1.82) is 0 Å². The van der Waals surface area contributed by atoms with Gasteiger partial charge in [-0.05, 0) is 37.5 Å². The number of hydrogen-bond donors (Lipinski definition) is 2. The van der Waals surface area contributed by atoms with Crippen molar-refractivity contribution in [2.24, 2.45) is 5.92 Å². The van der Waals surface area contributed by atoms with Crippen LogP contribution in [0.5, 0.6) is 0 Å². The van der Waals surface area contributed by atoms with Crippen molar-refractivity contribution in [2.75, 3.05) is 17.7 Å². The van der Waals surface area contributed by atoms with Gasteiger partial charge >= 0.3 is 0 Å². The van der Waals surface area contributed by atoms with Gasteiger partial charge in [-0.2, -0.15) is 0 Å². The van der Waals surface area contributed by atoms with Gasteiger partial charge in [-0.3, -0.25) is 4.79 Å². The van der Waals surface area contributed by atoms with Gasteiger partial charge in [0.05, 0.1) is 19.1 Å². The number of nitrogens with one attached hydrogen (secondary N) is 1. The summed E-state index contributed by atoms with van der Waals surface area (Å²) in [5, 5.41) is 2.80. The molecule has 0 saturated carbocycles. The maximum atomic E-state index is 11.7. The highest BCUT2D eigenvalue weighted by Gasteiger charge is 2.07. The lowest BCUT2D eigenvalue weighted by Crippen LogP contribution is -2.18. The van der Waals surface area contributed by atoms with Crippen LogP contribution in [0.15, 0.2) is 24.3 Å². The van der Waals surface area contributed by atoms with Crippen LogP contribution in [-0.2, 0) is 9.53 Å². The predicted octanol–water partition coefficient (Wildman–Crippen LogP) is 3.05. The van der Waals surface area contributed by atoms with E-state index in [1.165, 1.54) is 0 Å². The summed E-state index contributed by atoms with van der Waals surface area (Å²) in [4.78, 5) is 11.7. The minimum atomic E-state index is -0.0534. The molecule has 1 amide bonds. The van der Waals surface area contributed by atoms with Gasteiger partial charge in [-0.25, -0.2) is 0 Å². The van der Waals surface area contributed by atoms with E-state index in [0.29, 0.717) is 24.6 Å². The van der Waals surface area contributed by atoms with Crippen molar-refractivity contribution in [3.8, 4) is 0 Å². The Bertz CT molecular complexity index is 405. The summed E-state index contributed by atoms with van der Waals surface area (Å²) < 4.78 is 5.60. The van der Waals surface area contributed by atoms with Crippen molar-refractivity contribution in [2.45, 2.75) is 39.7 Å². The Hall–Kier alpha value is -1.55. The van der Waals surface area contributed by atoms with E-state index in [9.17, 15) is 4.79 Å². The Kier molecular flexibility index (Phi) is 6.36. The number of rotatable bonds is 7. The Balaban J connectivity index is 2.25. The van der Waals surface area contributed by atoms with Crippen LogP contribution >= 0.6 is 0 Å². The standard InChI is InChI=1S/C15H24N2O2/c1-11(2)9-12(3)19-8-7-15(18)17-14-6-4-5-13(16)10-14/h4-6,10-12H,7-9,16H2,1-3H3,(H,17,18). The molecule has 1 unspecified atom stereocenters. The van der Waals surface area contributed by atoms with Gasteiger partial charge in [0.25, 0.3) is 0 Å². The maximum Gasteiger partial charge on any atom is 0.226 e. The Labute approximate surface area is 115 Å². The van der Waals surface area contributed by atoms with Gasteiger partial charge in [-0.15, -0.1) is 0 Å². The normalized spacial score (nSPS) is 12.4. The zero-order valence-corrected chi connectivity index (χ0v) is 12.0. The molecule has 0 bridgehead atoms. The molecule has 3 N–H and O–H groups in total. The molecule has 0 aromatic heterocycles. The molecule has 0 aliphatic rings. The number of anilines is 2. The summed E-state index contributed by atoms with van der Waals surface area (Å²) in [6.45, 7) is 6.80. The van der Waals surface area contributed by atoms with E-state index in [1.54, 1.807) is 12.1 Å². The molecule has 19 heavy (non-hydrogen) atoms. The highest BCUT2D eigenvalue weighted by molar-refractivity contribution is 5.91. The summed E-state index contributed by atoms with van der Waals surface area (Å²) in [7, 11) is 0. The van der Waals surface area contributed by atoms with Crippen LogP contribution in [0.4, 0.5) is 11.4 Å². The first-order valence-electron chi connectivity index (χ1n) is 6.74. The number of carbonyl (C=O) groups excluding carboxylic acids is 1. The van der Waals surface area contributed by atoms with Crippen LogP contribution in [0, 0.1) is 5.92 Å². The van der Waals surface area contributed by atoms with Gasteiger partial charge in [0, 0.05) is 11.4 Å². The molecular weight excluding hydrogens is 240 g/mol. The highest BCUT2D eigenvalue weighted by atomic mass is 16.5. The Morgan fingerprint density at radius 2 is 2.11 bits per heavy atom. The number of hydrogen-bond acceptors (Lipinski definition) is 3. The molecule has 0 aliphatic heterocycles. The van der Waals surface area contributed by atoms with Crippen LogP contribution in [0.25, 0.3) is 0 Å². The topological polar surface area (TPSA) is 64.3 Å². The molecule has 4 nitrogen and oxygen atoms in total. The smallest absolute Gasteiger partial charge is 0.226 e. The van der Waals surface area contributed by atoms with Gasteiger partial charge < -0.3 is 15.8 Å². The largest absolute Gasteiger partial charge is 0.399 e. The summed E-state index contributed by atoms with van der Waals surface area (Å²) in [6.07, 6.45) is 1.56.